The van der Waals surface area contributed by atoms with E-state index in [1.54, 1.807) is 0 Å². The van der Waals surface area contributed by atoms with Gasteiger partial charge in [0.25, 0.3) is 0 Å². The summed E-state index contributed by atoms with van der Waals surface area (Å²) in [4.78, 5) is 0. The van der Waals surface area contributed by atoms with Gasteiger partial charge in [-0.1, -0.05) is 30.4 Å². The Balaban J connectivity index is 2.07. The van der Waals surface area contributed by atoms with Crippen LogP contribution in [-0.2, 0) is 0 Å². The zero-order valence-corrected chi connectivity index (χ0v) is 10.8. The maximum absolute atomic E-state index is 11.0. The molecule has 0 aliphatic heterocycles. The molecular weight excluding hydrogens is 220 g/mol. The highest BCUT2D eigenvalue weighted by molar-refractivity contribution is 5.28. The van der Waals surface area contributed by atoms with Crippen LogP contribution in [0.2, 0.25) is 0 Å². The first-order valence-corrected chi connectivity index (χ1v) is 6.94. The minimum absolute atomic E-state index is 0.190. The summed E-state index contributed by atoms with van der Waals surface area (Å²) in [5.41, 5.74) is -0.597. The molecule has 0 radical (unpaired) electrons. The van der Waals surface area contributed by atoms with E-state index in [4.69, 9.17) is 0 Å². The van der Waals surface area contributed by atoms with E-state index < -0.39 is 5.60 Å². The molecular formula is C17H22O. The maximum Gasteiger partial charge on any atom is 0.0812 e. The van der Waals surface area contributed by atoms with Crippen LogP contribution in [0.15, 0.2) is 50.1 Å². The Labute approximate surface area is 110 Å². The summed E-state index contributed by atoms with van der Waals surface area (Å²) < 4.78 is 0. The highest BCUT2D eigenvalue weighted by atomic mass is 16.3. The highest BCUT2D eigenvalue weighted by Crippen LogP contribution is 2.63. The number of allylic oxidation sites excluding steroid dienone is 2. The Bertz CT molecular complexity index is 407. The molecule has 0 aromatic carbocycles. The van der Waals surface area contributed by atoms with Gasteiger partial charge < -0.3 is 5.11 Å². The molecule has 3 aliphatic carbocycles. The second-order valence-electron chi connectivity index (χ2n) is 6.10. The topological polar surface area (TPSA) is 20.2 Å². The average molecular weight is 242 g/mol. The Morgan fingerprint density at radius 1 is 1.06 bits per heavy atom. The molecule has 1 N–H and O–H groups in total. The van der Waals surface area contributed by atoms with Crippen LogP contribution in [0.25, 0.3) is 0 Å². The van der Waals surface area contributed by atoms with E-state index in [-0.39, 0.29) is 11.8 Å². The molecule has 3 rings (SSSR count). The molecule has 3 aliphatic rings. The predicted octanol–water partition coefficient (Wildman–Crippen LogP) is 3.35. The van der Waals surface area contributed by atoms with Crippen molar-refractivity contribution in [1.82, 2.24) is 0 Å². The second kappa shape index (κ2) is 3.96. The van der Waals surface area contributed by atoms with Gasteiger partial charge in [0.1, 0.15) is 0 Å². The Hall–Kier alpha value is -1.08. The minimum atomic E-state index is -0.597. The van der Waals surface area contributed by atoms with Crippen molar-refractivity contribution >= 4 is 0 Å². The van der Waals surface area contributed by atoms with Crippen LogP contribution in [0.1, 0.15) is 12.8 Å². The van der Waals surface area contributed by atoms with Crippen molar-refractivity contribution in [1.29, 1.82) is 0 Å². The zero-order valence-electron chi connectivity index (χ0n) is 10.8. The van der Waals surface area contributed by atoms with Crippen molar-refractivity contribution in [3.8, 4) is 0 Å². The van der Waals surface area contributed by atoms with Crippen LogP contribution in [0.4, 0.5) is 0 Å². The van der Waals surface area contributed by atoms with Crippen LogP contribution in [0.5, 0.6) is 0 Å². The molecule has 0 aromatic heterocycles. The first kappa shape index (κ1) is 12.0. The number of fused-ring (bicyclic) bond motifs is 3. The molecule has 0 unspecified atom stereocenters. The predicted molar refractivity (Wildman–Crippen MR) is 74.9 cm³/mol. The smallest absolute Gasteiger partial charge is 0.0812 e. The summed E-state index contributed by atoms with van der Waals surface area (Å²) in [7, 11) is 0. The molecule has 2 fully saturated rings. The van der Waals surface area contributed by atoms with E-state index in [9.17, 15) is 5.11 Å². The molecule has 0 aromatic rings. The van der Waals surface area contributed by atoms with Gasteiger partial charge >= 0.3 is 0 Å². The molecule has 1 nitrogen and oxygen atoms in total. The van der Waals surface area contributed by atoms with E-state index in [2.05, 4.69) is 44.0 Å². The van der Waals surface area contributed by atoms with Gasteiger partial charge in [-0.3, -0.25) is 0 Å². The summed E-state index contributed by atoms with van der Waals surface area (Å²) in [6.45, 7) is 12.0. The first-order valence-electron chi connectivity index (χ1n) is 6.94. The second-order valence-corrected chi connectivity index (χ2v) is 6.10. The van der Waals surface area contributed by atoms with Gasteiger partial charge in [-0.05, 0) is 36.5 Å². The average Bonchev–Trinajstić information content (AvgIpc) is 2.96. The summed E-state index contributed by atoms with van der Waals surface area (Å²) in [6.07, 6.45) is 12.4. The zero-order chi connectivity index (χ0) is 12.9. The minimum Gasteiger partial charge on any atom is -0.388 e. The Morgan fingerprint density at radius 2 is 1.72 bits per heavy atom. The van der Waals surface area contributed by atoms with Crippen LogP contribution >= 0.6 is 0 Å². The lowest BCUT2D eigenvalue weighted by molar-refractivity contribution is -0.0104. The monoisotopic (exact) mass is 242 g/mol. The van der Waals surface area contributed by atoms with Gasteiger partial charge in [-0.25, -0.2) is 0 Å². The lowest BCUT2D eigenvalue weighted by Gasteiger charge is -2.32. The van der Waals surface area contributed by atoms with Gasteiger partial charge in [-0.2, -0.15) is 0 Å². The van der Waals surface area contributed by atoms with Gasteiger partial charge in [0.15, 0.2) is 0 Å². The molecule has 18 heavy (non-hydrogen) atoms. The van der Waals surface area contributed by atoms with Crippen LogP contribution in [0, 0.1) is 35.5 Å². The van der Waals surface area contributed by atoms with Crippen LogP contribution in [-0.4, -0.2) is 10.7 Å². The third-order valence-electron chi connectivity index (χ3n) is 5.61. The normalized spacial score (nSPS) is 52.9. The summed E-state index contributed by atoms with van der Waals surface area (Å²) in [5, 5.41) is 11.0. The fraction of sp³-hybridized carbons (Fsp3) is 0.529. The number of aliphatic hydroxyl groups is 1. The fourth-order valence-corrected chi connectivity index (χ4v) is 4.94. The van der Waals surface area contributed by atoms with Crippen molar-refractivity contribution in [2.24, 2.45) is 35.5 Å². The Kier molecular flexibility index (Phi) is 2.63. The SMILES string of the molecule is C=C[C@@H]1C[C@H](C=C)[C@@H]2[C@H]1[C@H](C=C)[C@]1(O)CC=C[C@H]21. The van der Waals surface area contributed by atoms with Crippen molar-refractivity contribution in [3.05, 3.63) is 50.1 Å². The quantitative estimate of drug-likeness (QED) is 0.752. The number of hydrogen-bond acceptors (Lipinski definition) is 1. The molecule has 0 amide bonds. The molecule has 0 saturated heterocycles. The molecule has 0 bridgehead atoms. The standard InChI is InChI=1S/C17H22O/c1-4-11-10-12(5-2)16-14-8-7-9-17(14,18)13(6-3)15(11)16/h4-8,11-16,18H,1-3,9-10H2/t11-,12+,13+,14-,15-,16+,17-/m1/s1. The van der Waals surface area contributed by atoms with E-state index in [1.165, 1.54) is 0 Å². The number of rotatable bonds is 3. The molecule has 1 heteroatoms. The first-order chi connectivity index (χ1) is 8.67. The van der Waals surface area contributed by atoms with Crippen LogP contribution in [0.3, 0.4) is 0 Å². The van der Waals surface area contributed by atoms with E-state index in [0.29, 0.717) is 23.7 Å². The van der Waals surface area contributed by atoms with Crippen molar-refractivity contribution in [2.45, 2.75) is 18.4 Å². The molecule has 2 saturated carbocycles. The molecule has 0 spiro atoms. The van der Waals surface area contributed by atoms with Gasteiger partial charge in [0.05, 0.1) is 5.60 Å². The van der Waals surface area contributed by atoms with Crippen molar-refractivity contribution < 1.29 is 5.11 Å². The maximum atomic E-state index is 11.0. The van der Waals surface area contributed by atoms with Crippen molar-refractivity contribution in [3.63, 3.8) is 0 Å². The Morgan fingerprint density at radius 3 is 2.33 bits per heavy atom. The lowest BCUT2D eigenvalue weighted by Crippen LogP contribution is -2.38. The van der Waals surface area contributed by atoms with Crippen LogP contribution < -0.4 is 0 Å². The van der Waals surface area contributed by atoms with Gasteiger partial charge in [-0.15, -0.1) is 19.7 Å². The summed E-state index contributed by atoms with van der Waals surface area (Å²) >= 11 is 0. The highest BCUT2D eigenvalue weighted by Gasteiger charge is 2.63. The molecule has 7 atom stereocenters. The largest absolute Gasteiger partial charge is 0.388 e. The van der Waals surface area contributed by atoms with E-state index >= 15 is 0 Å². The fourth-order valence-electron chi connectivity index (χ4n) is 4.94. The van der Waals surface area contributed by atoms with Gasteiger partial charge in [0, 0.05) is 11.8 Å². The van der Waals surface area contributed by atoms with Crippen molar-refractivity contribution in [2.75, 3.05) is 0 Å². The molecule has 0 heterocycles. The third-order valence-corrected chi connectivity index (χ3v) is 5.61. The van der Waals surface area contributed by atoms with Gasteiger partial charge in [0.2, 0.25) is 0 Å². The summed E-state index contributed by atoms with van der Waals surface area (Å²) in [5.74, 6) is 2.46. The third kappa shape index (κ3) is 1.26. The summed E-state index contributed by atoms with van der Waals surface area (Å²) in [6, 6.07) is 0. The molecule has 96 valence electrons. The number of hydrogen-bond donors (Lipinski definition) is 1. The van der Waals surface area contributed by atoms with E-state index in [0.717, 1.165) is 12.8 Å². The van der Waals surface area contributed by atoms with E-state index in [1.807, 2.05) is 6.08 Å². The lowest BCUT2D eigenvalue weighted by atomic mass is 9.78.